The first-order valence-electron chi connectivity index (χ1n) is 11.4. The number of hydrogen-bond acceptors (Lipinski definition) is 5. The van der Waals surface area contributed by atoms with E-state index in [2.05, 4.69) is 0 Å². The van der Waals surface area contributed by atoms with Crippen LogP contribution in [-0.2, 0) is 19.6 Å². The topological polar surface area (TPSA) is 83.9 Å². The number of aryl methyl sites for hydroxylation is 1. The third-order valence-electron chi connectivity index (χ3n) is 6.44. The Morgan fingerprint density at radius 1 is 1.12 bits per heavy atom. The van der Waals surface area contributed by atoms with Crippen molar-refractivity contribution in [2.75, 3.05) is 6.54 Å². The zero-order chi connectivity index (χ0) is 24.8. The number of esters is 1. The predicted molar refractivity (Wildman–Crippen MR) is 131 cm³/mol. The molecule has 1 aliphatic heterocycles. The fourth-order valence-electron chi connectivity index (χ4n) is 4.93. The van der Waals surface area contributed by atoms with Crippen molar-refractivity contribution >= 4 is 27.6 Å². The van der Waals surface area contributed by atoms with E-state index in [0.29, 0.717) is 23.4 Å². The van der Waals surface area contributed by atoms with Crippen molar-refractivity contribution in [3.8, 4) is 0 Å². The van der Waals surface area contributed by atoms with Gasteiger partial charge in [-0.1, -0.05) is 47.5 Å². The highest BCUT2D eigenvalue weighted by Crippen LogP contribution is 2.49. The van der Waals surface area contributed by atoms with E-state index in [-0.39, 0.29) is 28.7 Å². The number of aliphatic hydroxyl groups excluding tert-OH is 1. The molecular formula is C26H30ClNO5S. The van der Waals surface area contributed by atoms with Crippen LogP contribution in [0.4, 0.5) is 0 Å². The smallest absolute Gasteiger partial charge is 0.338 e. The molecule has 2 bridgehead atoms. The first-order valence-corrected chi connectivity index (χ1v) is 13.2. The van der Waals surface area contributed by atoms with Crippen molar-refractivity contribution in [1.29, 1.82) is 0 Å². The molecule has 2 aliphatic rings. The zero-order valence-corrected chi connectivity index (χ0v) is 21.4. The summed E-state index contributed by atoms with van der Waals surface area (Å²) in [5.41, 5.74) is 1.05. The van der Waals surface area contributed by atoms with Gasteiger partial charge in [-0.3, -0.25) is 0 Å². The maximum absolute atomic E-state index is 13.7. The third-order valence-corrected chi connectivity index (χ3v) is 8.73. The molecule has 1 aliphatic carbocycles. The second-order valence-electron chi connectivity index (χ2n) is 10.0. The molecule has 8 heteroatoms. The van der Waals surface area contributed by atoms with Gasteiger partial charge in [-0.25, -0.2) is 13.2 Å². The van der Waals surface area contributed by atoms with Crippen molar-refractivity contribution in [2.24, 2.45) is 5.92 Å². The summed E-state index contributed by atoms with van der Waals surface area (Å²) in [6.45, 7) is 7.45. The Morgan fingerprint density at radius 2 is 1.76 bits per heavy atom. The average molecular weight is 504 g/mol. The Balaban J connectivity index is 1.83. The number of carbonyl (C=O) groups is 1. The van der Waals surface area contributed by atoms with Gasteiger partial charge in [-0.05, 0) is 70.2 Å². The molecule has 0 spiro atoms. The van der Waals surface area contributed by atoms with Crippen LogP contribution in [0, 0.1) is 12.8 Å². The van der Waals surface area contributed by atoms with Crippen molar-refractivity contribution in [1.82, 2.24) is 4.31 Å². The van der Waals surface area contributed by atoms with Gasteiger partial charge >= 0.3 is 5.97 Å². The number of fused-ring (bicyclic) bond motifs is 2. The Kier molecular flexibility index (Phi) is 6.57. The van der Waals surface area contributed by atoms with Gasteiger partial charge in [0.05, 0.1) is 16.4 Å². The molecule has 0 unspecified atom stereocenters. The highest BCUT2D eigenvalue weighted by molar-refractivity contribution is 7.89. The van der Waals surface area contributed by atoms with E-state index in [9.17, 15) is 18.3 Å². The van der Waals surface area contributed by atoms with Gasteiger partial charge in [0.25, 0.3) is 0 Å². The Morgan fingerprint density at radius 3 is 2.38 bits per heavy atom. The SMILES string of the molecule is Cc1ccc(S(=O)(=O)N2CC[C@@H]3C[C@@H]2[C@@H](c2ccccc2Cl)C(O)=C3C(=O)OC(C)(C)C)cc1. The van der Waals surface area contributed by atoms with Gasteiger partial charge in [0.2, 0.25) is 10.0 Å². The van der Waals surface area contributed by atoms with Crippen LogP contribution in [0.25, 0.3) is 0 Å². The van der Waals surface area contributed by atoms with Crippen LogP contribution in [0.15, 0.2) is 64.8 Å². The average Bonchev–Trinajstić information content (AvgIpc) is 2.74. The molecule has 2 aromatic carbocycles. The molecule has 182 valence electrons. The van der Waals surface area contributed by atoms with Gasteiger partial charge in [0.1, 0.15) is 11.4 Å². The Labute approximate surface area is 206 Å². The van der Waals surface area contributed by atoms with Gasteiger partial charge in [-0.2, -0.15) is 4.31 Å². The van der Waals surface area contributed by atoms with Gasteiger partial charge in [-0.15, -0.1) is 0 Å². The minimum Gasteiger partial charge on any atom is -0.511 e. The van der Waals surface area contributed by atoms with Crippen LogP contribution in [0.1, 0.15) is 50.7 Å². The lowest BCUT2D eigenvalue weighted by Crippen LogP contribution is -2.52. The predicted octanol–water partition coefficient (Wildman–Crippen LogP) is 5.37. The van der Waals surface area contributed by atoms with Crippen LogP contribution >= 0.6 is 11.6 Å². The maximum atomic E-state index is 13.7. The molecule has 1 saturated heterocycles. The summed E-state index contributed by atoms with van der Waals surface area (Å²) in [5.74, 6) is -1.82. The molecule has 34 heavy (non-hydrogen) atoms. The lowest BCUT2D eigenvalue weighted by atomic mass is 9.71. The molecule has 0 aromatic heterocycles. The molecule has 3 atom stereocenters. The van der Waals surface area contributed by atoms with Crippen LogP contribution < -0.4 is 0 Å². The number of halogens is 1. The fourth-order valence-corrected chi connectivity index (χ4v) is 6.84. The highest BCUT2D eigenvalue weighted by atomic mass is 35.5. The second-order valence-corrected chi connectivity index (χ2v) is 12.3. The van der Waals surface area contributed by atoms with Crippen molar-refractivity contribution < 1.29 is 23.1 Å². The third kappa shape index (κ3) is 4.61. The number of benzene rings is 2. The van der Waals surface area contributed by atoms with E-state index < -0.39 is 33.6 Å². The summed E-state index contributed by atoms with van der Waals surface area (Å²) >= 11 is 6.51. The fraction of sp³-hybridized carbons (Fsp3) is 0.423. The number of carbonyl (C=O) groups excluding carboxylic acids is 1. The van der Waals surface area contributed by atoms with E-state index >= 15 is 0 Å². The molecule has 0 saturated carbocycles. The molecule has 0 amide bonds. The minimum absolute atomic E-state index is 0.160. The largest absolute Gasteiger partial charge is 0.511 e. The highest BCUT2D eigenvalue weighted by Gasteiger charge is 2.50. The lowest BCUT2D eigenvalue weighted by Gasteiger charge is -2.46. The van der Waals surface area contributed by atoms with Crippen LogP contribution in [0.5, 0.6) is 0 Å². The van der Waals surface area contributed by atoms with Crippen LogP contribution in [-0.4, -0.2) is 42.0 Å². The van der Waals surface area contributed by atoms with E-state index in [0.717, 1.165) is 5.56 Å². The summed E-state index contributed by atoms with van der Waals surface area (Å²) in [7, 11) is -3.83. The molecule has 2 aromatic rings. The molecule has 1 N–H and O–H groups in total. The Hall–Kier alpha value is -2.35. The monoisotopic (exact) mass is 503 g/mol. The quantitative estimate of drug-likeness (QED) is 0.567. The summed E-state index contributed by atoms with van der Waals surface area (Å²) in [6.07, 6.45) is 0.801. The number of hydrogen-bond donors (Lipinski definition) is 1. The van der Waals surface area contributed by atoms with Crippen molar-refractivity contribution in [3.05, 3.63) is 76.0 Å². The number of piperidine rings is 1. The van der Waals surface area contributed by atoms with Gasteiger partial charge < -0.3 is 9.84 Å². The second kappa shape index (κ2) is 9.02. The number of ether oxygens (including phenoxy) is 1. The molecule has 0 radical (unpaired) electrons. The first kappa shape index (κ1) is 24.8. The standard InChI is InChI=1S/C26H30ClNO5S/c1-16-9-11-18(12-10-16)34(31,32)28-14-13-17-15-21(28)23(19-7-5-6-8-20(19)27)24(29)22(17)25(30)33-26(2,3)4/h5-12,17,21,23,29H,13-15H2,1-4H3/t17-,21-,23-/m1/s1. The van der Waals surface area contributed by atoms with Crippen molar-refractivity contribution in [2.45, 2.75) is 63.0 Å². The van der Waals surface area contributed by atoms with E-state index in [1.165, 1.54) is 4.31 Å². The lowest BCUT2D eigenvalue weighted by molar-refractivity contribution is -0.151. The van der Waals surface area contributed by atoms with Crippen molar-refractivity contribution in [3.63, 3.8) is 0 Å². The molecule has 1 heterocycles. The molecule has 4 rings (SSSR count). The van der Waals surface area contributed by atoms with Crippen LogP contribution in [0.3, 0.4) is 0 Å². The number of aliphatic hydroxyl groups is 1. The minimum atomic E-state index is -3.83. The van der Waals surface area contributed by atoms with Gasteiger partial charge in [0.15, 0.2) is 0 Å². The first-order chi connectivity index (χ1) is 15.9. The summed E-state index contributed by atoms with van der Waals surface area (Å²) < 4.78 is 34.4. The molecular weight excluding hydrogens is 474 g/mol. The van der Waals surface area contributed by atoms with E-state index in [1.807, 2.05) is 6.92 Å². The summed E-state index contributed by atoms with van der Waals surface area (Å²) in [6, 6.07) is 13.2. The summed E-state index contributed by atoms with van der Waals surface area (Å²) in [4.78, 5) is 13.3. The van der Waals surface area contributed by atoms with Gasteiger partial charge in [0, 0.05) is 17.6 Å². The zero-order valence-electron chi connectivity index (χ0n) is 19.8. The molecule has 6 nitrogen and oxygen atoms in total. The normalized spacial score (nSPS) is 23.6. The Bertz CT molecular complexity index is 1230. The van der Waals surface area contributed by atoms with E-state index in [4.69, 9.17) is 16.3 Å². The number of sulfonamides is 1. The molecule has 1 fully saturated rings. The number of nitrogens with zero attached hydrogens (tertiary/aromatic N) is 1. The van der Waals surface area contributed by atoms with Crippen LogP contribution in [0.2, 0.25) is 5.02 Å². The van der Waals surface area contributed by atoms with E-state index in [1.54, 1.807) is 69.3 Å². The maximum Gasteiger partial charge on any atom is 0.338 e. The number of rotatable bonds is 4. The summed E-state index contributed by atoms with van der Waals surface area (Å²) in [5, 5.41) is 11.9.